The van der Waals surface area contributed by atoms with Crippen molar-refractivity contribution >= 4 is 45.6 Å². The Bertz CT molecular complexity index is 1540. The number of halogens is 1. The van der Waals surface area contributed by atoms with E-state index in [0.29, 0.717) is 44.8 Å². The van der Waals surface area contributed by atoms with E-state index in [0.717, 1.165) is 31.5 Å². The fourth-order valence-electron chi connectivity index (χ4n) is 4.62. The highest BCUT2D eigenvalue weighted by molar-refractivity contribution is 6.32. The van der Waals surface area contributed by atoms with Crippen molar-refractivity contribution in [1.82, 2.24) is 15.0 Å². The summed E-state index contributed by atoms with van der Waals surface area (Å²) in [6.07, 6.45) is 1.97. The van der Waals surface area contributed by atoms with Crippen LogP contribution in [0, 0.1) is 23.0 Å². The molecule has 10 nitrogen and oxygen atoms in total. The number of aryl methyl sites for hydroxylation is 1. The fourth-order valence-corrected chi connectivity index (χ4v) is 4.87. The molecule has 0 radical (unpaired) electrons. The monoisotopic (exact) mass is 534 g/mol. The molecule has 0 aliphatic carbocycles. The maximum atomic E-state index is 13.1. The second-order valence-electron chi connectivity index (χ2n) is 9.55. The first kappa shape index (κ1) is 25.5. The SMILES string of the molecule is COc1ccc(-n2nc3cc(C)c(NC(=O)c4ccc(N5CCC(C)CC5)c([N+](=O)[O-])c4)cc3n2)cc1Cl. The summed E-state index contributed by atoms with van der Waals surface area (Å²) in [5.41, 5.74) is 3.87. The number of nitro benzene ring substituents is 1. The van der Waals surface area contributed by atoms with Gasteiger partial charge in [-0.3, -0.25) is 14.9 Å². The first-order valence-corrected chi connectivity index (χ1v) is 12.7. The zero-order valence-electron chi connectivity index (χ0n) is 21.3. The van der Waals surface area contributed by atoms with E-state index >= 15 is 0 Å². The van der Waals surface area contributed by atoms with Gasteiger partial charge in [0, 0.05) is 30.4 Å². The van der Waals surface area contributed by atoms with Crippen LogP contribution in [0.2, 0.25) is 5.02 Å². The Labute approximate surface area is 224 Å². The molecule has 1 saturated heterocycles. The molecule has 0 saturated carbocycles. The number of anilines is 2. The molecule has 1 aromatic heterocycles. The van der Waals surface area contributed by atoms with Crippen LogP contribution in [0.15, 0.2) is 48.5 Å². The number of benzene rings is 3. The van der Waals surface area contributed by atoms with Gasteiger partial charge in [-0.2, -0.15) is 4.80 Å². The molecule has 1 aliphatic heterocycles. The molecule has 1 amide bonds. The minimum atomic E-state index is -0.441. The maximum Gasteiger partial charge on any atom is 0.293 e. The van der Waals surface area contributed by atoms with E-state index in [-0.39, 0.29) is 11.3 Å². The average Bonchev–Trinajstić information content (AvgIpc) is 3.31. The van der Waals surface area contributed by atoms with Gasteiger partial charge in [-0.05, 0) is 73.7 Å². The van der Waals surface area contributed by atoms with Crippen LogP contribution in [0.1, 0.15) is 35.7 Å². The van der Waals surface area contributed by atoms with E-state index in [1.807, 2.05) is 17.9 Å². The lowest BCUT2D eigenvalue weighted by molar-refractivity contribution is -0.384. The van der Waals surface area contributed by atoms with Gasteiger partial charge in [0.25, 0.3) is 11.6 Å². The summed E-state index contributed by atoms with van der Waals surface area (Å²) in [4.78, 5) is 28.0. The predicted molar refractivity (Wildman–Crippen MR) is 147 cm³/mol. The van der Waals surface area contributed by atoms with Gasteiger partial charge in [0.05, 0.1) is 22.7 Å². The smallest absolute Gasteiger partial charge is 0.293 e. The summed E-state index contributed by atoms with van der Waals surface area (Å²) < 4.78 is 5.20. The van der Waals surface area contributed by atoms with Gasteiger partial charge in [-0.1, -0.05) is 18.5 Å². The number of nitro groups is 1. The zero-order valence-corrected chi connectivity index (χ0v) is 22.0. The Hall–Kier alpha value is -4.18. The van der Waals surface area contributed by atoms with Gasteiger partial charge in [0.1, 0.15) is 22.5 Å². The summed E-state index contributed by atoms with van der Waals surface area (Å²) in [5.74, 6) is 0.710. The van der Waals surface area contributed by atoms with Gasteiger partial charge in [0.15, 0.2) is 0 Å². The third-order valence-electron chi connectivity index (χ3n) is 6.90. The molecule has 0 bridgehead atoms. The van der Waals surface area contributed by atoms with Crippen molar-refractivity contribution < 1.29 is 14.5 Å². The topological polar surface area (TPSA) is 115 Å². The fraction of sp³-hybridized carbons (Fsp3) is 0.296. The largest absolute Gasteiger partial charge is 0.495 e. The van der Waals surface area contributed by atoms with E-state index in [1.54, 1.807) is 43.5 Å². The second kappa shape index (κ2) is 10.3. The number of aromatic nitrogens is 3. The van der Waals surface area contributed by atoms with Crippen LogP contribution < -0.4 is 15.0 Å². The van der Waals surface area contributed by atoms with E-state index in [1.165, 1.54) is 10.9 Å². The van der Waals surface area contributed by atoms with Crippen molar-refractivity contribution in [2.45, 2.75) is 26.7 Å². The summed E-state index contributed by atoms with van der Waals surface area (Å²) in [6.45, 7) is 5.56. The minimum Gasteiger partial charge on any atom is -0.495 e. The molecule has 2 heterocycles. The van der Waals surface area contributed by atoms with Crippen molar-refractivity contribution in [3.05, 3.63) is 74.8 Å². The van der Waals surface area contributed by atoms with Crippen LogP contribution in [0.3, 0.4) is 0 Å². The van der Waals surface area contributed by atoms with Crippen molar-refractivity contribution in [3.63, 3.8) is 0 Å². The first-order chi connectivity index (χ1) is 18.2. The number of amides is 1. The molecule has 1 fully saturated rings. The van der Waals surface area contributed by atoms with Crippen LogP contribution in [-0.4, -0.2) is 46.0 Å². The highest BCUT2D eigenvalue weighted by atomic mass is 35.5. The van der Waals surface area contributed by atoms with Crippen LogP contribution >= 0.6 is 11.6 Å². The van der Waals surface area contributed by atoms with Gasteiger partial charge in [-0.25, -0.2) is 0 Å². The number of fused-ring (bicyclic) bond motifs is 1. The van der Waals surface area contributed by atoms with E-state index in [2.05, 4.69) is 22.4 Å². The molecule has 0 atom stereocenters. The Morgan fingerprint density at radius 3 is 2.47 bits per heavy atom. The number of hydrogen-bond acceptors (Lipinski definition) is 7. The van der Waals surface area contributed by atoms with Gasteiger partial charge >= 0.3 is 0 Å². The number of rotatable bonds is 6. The summed E-state index contributed by atoms with van der Waals surface area (Å²) in [7, 11) is 1.54. The number of piperidine rings is 1. The van der Waals surface area contributed by atoms with Crippen LogP contribution in [0.25, 0.3) is 16.7 Å². The molecule has 1 aliphatic rings. The molecule has 4 aromatic rings. The van der Waals surface area contributed by atoms with Gasteiger partial charge in [-0.15, -0.1) is 10.2 Å². The molecular formula is C27H27ClN6O4. The Morgan fingerprint density at radius 1 is 1.11 bits per heavy atom. The molecule has 1 N–H and O–H groups in total. The van der Waals surface area contributed by atoms with E-state index in [4.69, 9.17) is 16.3 Å². The van der Waals surface area contributed by atoms with Crippen LogP contribution in [-0.2, 0) is 0 Å². The Balaban J connectivity index is 1.40. The van der Waals surface area contributed by atoms with Gasteiger partial charge in [0.2, 0.25) is 0 Å². The molecule has 196 valence electrons. The standard InChI is InChI=1S/C27H27ClN6O4/c1-16-8-10-32(11-9-16)24-6-4-18(13-25(24)34(36)37)27(35)29-21-15-23-22(12-17(21)2)30-33(31-23)19-5-7-26(38-3)20(28)14-19/h4-7,12-16H,8-11H2,1-3H3,(H,29,35). The number of carbonyl (C=O) groups is 1. The molecule has 38 heavy (non-hydrogen) atoms. The van der Waals surface area contributed by atoms with Crippen molar-refractivity contribution in [2.24, 2.45) is 5.92 Å². The quantitative estimate of drug-likeness (QED) is 0.246. The molecule has 5 rings (SSSR count). The lowest BCUT2D eigenvalue weighted by Crippen LogP contribution is -2.33. The number of nitrogens with one attached hydrogen (secondary N) is 1. The highest BCUT2D eigenvalue weighted by Crippen LogP contribution is 2.33. The molecular weight excluding hydrogens is 508 g/mol. The summed E-state index contributed by atoms with van der Waals surface area (Å²) in [5, 5.41) is 24.2. The number of carbonyl (C=O) groups excluding carboxylic acids is 1. The van der Waals surface area contributed by atoms with E-state index in [9.17, 15) is 14.9 Å². The van der Waals surface area contributed by atoms with Crippen molar-refractivity contribution in [1.29, 1.82) is 0 Å². The van der Waals surface area contributed by atoms with Crippen LogP contribution in [0.4, 0.5) is 17.1 Å². The highest BCUT2D eigenvalue weighted by Gasteiger charge is 2.25. The average molecular weight is 535 g/mol. The summed E-state index contributed by atoms with van der Waals surface area (Å²) >= 11 is 6.25. The van der Waals surface area contributed by atoms with E-state index < -0.39 is 10.8 Å². The van der Waals surface area contributed by atoms with Crippen molar-refractivity contribution in [3.8, 4) is 11.4 Å². The number of ether oxygens (including phenoxy) is 1. The number of nitrogens with zero attached hydrogens (tertiary/aromatic N) is 5. The first-order valence-electron chi connectivity index (χ1n) is 12.3. The van der Waals surface area contributed by atoms with Gasteiger partial charge < -0.3 is 15.0 Å². The number of methoxy groups -OCH3 is 1. The Morgan fingerprint density at radius 2 is 1.82 bits per heavy atom. The minimum absolute atomic E-state index is 0.0690. The van der Waals surface area contributed by atoms with Crippen LogP contribution in [0.5, 0.6) is 5.75 Å². The third-order valence-corrected chi connectivity index (χ3v) is 7.19. The second-order valence-corrected chi connectivity index (χ2v) is 9.96. The summed E-state index contributed by atoms with van der Waals surface area (Å²) in [6, 6.07) is 13.4. The molecule has 0 unspecified atom stereocenters. The molecule has 0 spiro atoms. The lowest BCUT2D eigenvalue weighted by atomic mass is 9.98. The lowest BCUT2D eigenvalue weighted by Gasteiger charge is -2.31. The third kappa shape index (κ3) is 4.99. The molecule has 3 aromatic carbocycles. The normalized spacial score (nSPS) is 14.1. The maximum absolute atomic E-state index is 13.1. The number of hydrogen-bond donors (Lipinski definition) is 1. The molecule has 11 heteroatoms. The predicted octanol–water partition coefficient (Wildman–Crippen LogP) is 5.79. The zero-order chi connectivity index (χ0) is 27.0. The Kier molecular flexibility index (Phi) is 6.90. The van der Waals surface area contributed by atoms with Crippen molar-refractivity contribution in [2.75, 3.05) is 30.4 Å².